The molecule has 0 aliphatic carbocycles. The minimum absolute atomic E-state index is 0.741. The van der Waals surface area contributed by atoms with Crippen molar-refractivity contribution in [2.24, 2.45) is 11.8 Å². The van der Waals surface area contributed by atoms with Gasteiger partial charge in [-0.15, -0.1) is 0 Å². The van der Waals surface area contributed by atoms with E-state index in [9.17, 15) is 0 Å². The molecule has 0 amide bonds. The van der Waals surface area contributed by atoms with Gasteiger partial charge in [0.15, 0.2) is 0 Å². The minimum atomic E-state index is 0.741. The van der Waals surface area contributed by atoms with E-state index in [-0.39, 0.29) is 0 Å². The lowest BCUT2D eigenvalue weighted by Gasteiger charge is -2.38. The van der Waals surface area contributed by atoms with Gasteiger partial charge in [-0.05, 0) is 38.6 Å². The van der Waals surface area contributed by atoms with Crippen LogP contribution in [0.2, 0.25) is 0 Å². The molecule has 1 fully saturated rings. The van der Waals surface area contributed by atoms with Gasteiger partial charge in [0, 0.05) is 12.6 Å². The van der Waals surface area contributed by atoms with Crippen LogP contribution in [0.3, 0.4) is 0 Å². The van der Waals surface area contributed by atoms with Crippen molar-refractivity contribution in [3.63, 3.8) is 0 Å². The molecule has 0 radical (unpaired) electrons. The van der Waals surface area contributed by atoms with E-state index in [1.807, 2.05) is 0 Å². The zero-order valence-corrected chi connectivity index (χ0v) is 9.01. The maximum atomic E-state index is 2.61. The van der Waals surface area contributed by atoms with Gasteiger partial charge in [-0.25, -0.2) is 0 Å². The van der Waals surface area contributed by atoms with E-state index in [0.717, 1.165) is 17.9 Å². The molecule has 1 heteroatoms. The van der Waals surface area contributed by atoms with E-state index in [1.54, 1.807) is 0 Å². The van der Waals surface area contributed by atoms with Crippen LogP contribution in [-0.4, -0.2) is 24.0 Å². The van der Waals surface area contributed by atoms with Crippen LogP contribution in [0.25, 0.3) is 0 Å². The van der Waals surface area contributed by atoms with Crippen molar-refractivity contribution in [3.8, 4) is 0 Å². The standard InChI is InChI=1S/C11H23N/c1-5-11-6-7-12(9(2)3)8-10(11)4/h9-11H,5-8H2,1-4H3/t10-,11-/m0/s1. The average Bonchev–Trinajstić information content (AvgIpc) is 2.04. The first kappa shape index (κ1) is 10.0. The molecule has 1 heterocycles. The predicted octanol–water partition coefficient (Wildman–Crippen LogP) is 2.76. The molecule has 0 bridgehead atoms. The number of rotatable bonds is 2. The SMILES string of the molecule is CC[C@H]1CCN(C(C)C)C[C@@H]1C. The second-order valence-electron chi connectivity index (χ2n) is 4.52. The summed E-state index contributed by atoms with van der Waals surface area (Å²) in [6, 6.07) is 0.741. The number of piperidine rings is 1. The van der Waals surface area contributed by atoms with Crippen molar-refractivity contribution < 1.29 is 0 Å². The van der Waals surface area contributed by atoms with Crippen molar-refractivity contribution in [2.45, 2.75) is 46.6 Å². The van der Waals surface area contributed by atoms with E-state index < -0.39 is 0 Å². The molecule has 1 nitrogen and oxygen atoms in total. The van der Waals surface area contributed by atoms with Crippen LogP contribution in [0.4, 0.5) is 0 Å². The molecule has 2 atom stereocenters. The van der Waals surface area contributed by atoms with Gasteiger partial charge in [0.2, 0.25) is 0 Å². The maximum absolute atomic E-state index is 2.61. The Morgan fingerprint density at radius 1 is 1.42 bits per heavy atom. The monoisotopic (exact) mass is 169 g/mol. The molecule has 1 aliphatic heterocycles. The Kier molecular flexibility index (Phi) is 3.57. The number of nitrogens with zero attached hydrogens (tertiary/aromatic N) is 1. The van der Waals surface area contributed by atoms with Crippen LogP contribution in [0.1, 0.15) is 40.5 Å². The summed E-state index contributed by atoms with van der Waals surface area (Å²) < 4.78 is 0. The highest BCUT2D eigenvalue weighted by molar-refractivity contribution is 4.78. The van der Waals surface area contributed by atoms with Gasteiger partial charge >= 0.3 is 0 Å². The van der Waals surface area contributed by atoms with Gasteiger partial charge in [-0.2, -0.15) is 0 Å². The highest BCUT2D eigenvalue weighted by Crippen LogP contribution is 2.26. The Morgan fingerprint density at radius 3 is 2.50 bits per heavy atom. The molecule has 1 aliphatic rings. The third-order valence-corrected chi connectivity index (χ3v) is 3.37. The summed E-state index contributed by atoms with van der Waals surface area (Å²) in [6.45, 7) is 12.0. The molecular formula is C11H23N. The predicted molar refractivity (Wildman–Crippen MR) is 54.3 cm³/mol. The zero-order chi connectivity index (χ0) is 9.14. The minimum Gasteiger partial charge on any atom is -0.301 e. The summed E-state index contributed by atoms with van der Waals surface area (Å²) in [4.78, 5) is 2.61. The van der Waals surface area contributed by atoms with E-state index in [0.29, 0.717) is 0 Å². The molecule has 0 aromatic rings. The van der Waals surface area contributed by atoms with Crippen LogP contribution in [-0.2, 0) is 0 Å². The van der Waals surface area contributed by atoms with Gasteiger partial charge in [0.1, 0.15) is 0 Å². The lowest BCUT2D eigenvalue weighted by Crippen LogP contribution is -2.42. The lowest BCUT2D eigenvalue weighted by atomic mass is 9.84. The second kappa shape index (κ2) is 4.27. The summed E-state index contributed by atoms with van der Waals surface area (Å²) in [5, 5.41) is 0. The van der Waals surface area contributed by atoms with Gasteiger partial charge in [-0.3, -0.25) is 0 Å². The quantitative estimate of drug-likeness (QED) is 0.614. The van der Waals surface area contributed by atoms with Crippen LogP contribution < -0.4 is 0 Å². The molecule has 0 spiro atoms. The number of hydrogen-bond acceptors (Lipinski definition) is 1. The molecule has 0 aromatic carbocycles. The first-order valence-corrected chi connectivity index (χ1v) is 5.39. The lowest BCUT2D eigenvalue weighted by molar-refractivity contribution is 0.100. The van der Waals surface area contributed by atoms with Crippen molar-refractivity contribution >= 4 is 0 Å². The van der Waals surface area contributed by atoms with Gasteiger partial charge in [-0.1, -0.05) is 20.3 Å². The van der Waals surface area contributed by atoms with Crippen LogP contribution in [0.5, 0.6) is 0 Å². The van der Waals surface area contributed by atoms with E-state index in [4.69, 9.17) is 0 Å². The third kappa shape index (κ3) is 2.22. The molecule has 1 saturated heterocycles. The normalized spacial score (nSPS) is 32.8. The van der Waals surface area contributed by atoms with Crippen molar-refractivity contribution in [3.05, 3.63) is 0 Å². The maximum Gasteiger partial charge on any atom is 0.00387 e. The first-order chi connectivity index (χ1) is 5.65. The molecular weight excluding hydrogens is 146 g/mol. The Labute approximate surface area is 77.1 Å². The summed E-state index contributed by atoms with van der Waals surface area (Å²) >= 11 is 0. The summed E-state index contributed by atoms with van der Waals surface area (Å²) in [7, 11) is 0. The third-order valence-electron chi connectivity index (χ3n) is 3.37. The first-order valence-electron chi connectivity index (χ1n) is 5.39. The smallest absolute Gasteiger partial charge is 0.00387 e. The highest BCUT2D eigenvalue weighted by atomic mass is 15.2. The summed E-state index contributed by atoms with van der Waals surface area (Å²) in [6.07, 6.45) is 2.78. The summed E-state index contributed by atoms with van der Waals surface area (Å²) in [5.41, 5.74) is 0. The van der Waals surface area contributed by atoms with E-state index in [1.165, 1.54) is 25.9 Å². The van der Waals surface area contributed by atoms with Crippen LogP contribution in [0.15, 0.2) is 0 Å². The van der Waals surface area contributed by atoms with E-state index >= 15 is 0 Å². The number of hydrogen-bond donors (Lipinski definition) is 0. The van der Waals surface area contributed by atoms with Crippen molar-refractivity contribution in [2.75, 3.05) is 13.1 Å². The van der Waals surface area contributed by atoms with Gasteiger partial charge < -0.3 is 4.90 Å². The Morgan fingerprint density at radius 2 is 2.08 bits per heavy atom. The topological polar surface area (TPSA) is 3.24 Å². The fourth-order valence-electron chi connectivity index (χ4n) is 2.30. The fourth-order valence-corrected chi connectivity index (χ4v) is 2.30. The van der Waals surface area contributed by atoms with Crippen molar-refractivity contribution in [1.82, 2.24) is 4.90 Å². The average molecular weight is 169 g/mol. The Bertz CT molecular complexity index is 131. The molecule has 0 unspecified atom stereocenters. The molecule has 0 saturated carbocycles. The fraction of sp³-hybridized carbons (Fsp3) is 1.00. The summed E-state index contributed by atoms with van der Waals surface area (Å²) in [5.74, 6) is 1.89. The van der Waals surface area contributed by atoms with Gasteiger partial charge in [0.25, 0.3) is 0 Å². The number of likely N-dealkylation sites (tertiary alicyclic amines) is 1. The van der Waals surface area contributed by atoms with E-state index in [2.05, 4.69) is 32.6 Å². The second-order valence-corrected chi connectivity index (χ2v) is 4.52. The molecule has 0 aromatic heterocycles. The highest BCUT2D eigenvalue weighted by Gasteiger charge is 2.25. The Hall–Kier alpha value is -0.0400. The molecule has 12 heavy (non-hydrogen) atoms. The van der Waals surface area contributed by atoms with Crippen LogP contribution in [0, 0.1) is 11.8 Å². The molecule has 72 valence electrons. The zero-order valence-electron chi connectivity index (χ0n) is 9.01. The van der Waals surface area contributed by atoms with Gasteiger partial charge in [0.05, 0.1) is 0 Å². The molecule has 0 N–H and O–H groups in total. The van der Waals surface area contributed by atoms with Crippen molar-refractivity contribution in [1.29, 1.82) is 0 Å². The van der Waals surface area contributed by atoms with Crippen LogP contribution >= 0.6 is 0 Å². The largest absolute Gasteiger partial charge is 0.301 e. The Balaban J connectivity index is 2.40. The molecule has 1 rings (SSSR count).